The fourth-order valence-corrected chi connectivity index (χ4v) is 9.79. The Bertz CT molecular complexity index is 1380. The predicted molar refractivity (Wildman–Crippen MR) is 175 cm³/mol. The first-order chi connectivity index (χ1) is 21.6. The molecule has 4 aliphatic carbocycles. The maximum absolute atomic E-state index is 12.8. The number of fused-ring (bicyclic) bond motifs is 6. The molecule has 0 spiro atoms. The van der Waals surface area contributed by atoms with Crippen molar-refractivity contribution in [3.8, 4) is 5.75 Å². The number of hydrogen-bond acceptors (Lipinski definition) is 7. The van der Waals surface area contributed by atoms with E-state index in [9.17, 15) is 14.7 Å². The molecule has 1 heterocycles. The quantitative estimate of drug-likeness (QED) is 0.271. The van der Waals surface area contributed by atoms with Crippen molar-refractivity contribution in [2.24, 2.45) is 39.7 Å². The van der Waals surface area contributed by atoms with Gasteiger partial charge in [-0.15, -0.1) is 0 Å². The number of hydrogen-bond donors (Lipinski definition) is 2. The lowest BCUT2D eigenvalue weighted by Crippen LogP contribution is -2.54. The monoisotopic (exact) mass is 618 g/mol. The molecule has 8 nitrogen and oxygen atoms in total. The zero-order valence-electron chi connectivity index (χ0n) is 27.2. The highest BCUT2D eigenvalue weighted by atomic mass is 16.6. The number of nitrogens with one attached hydrogen (secondary N) is 1. The van der Waals surface area contributed by atoms with E-state index in [1.54, 1.807) is 13.0 Å². The van der Waals surface area contributed by atoms with Gasteiger partial charge in [0.1, 0.15) is 11.5 Å². The third-order valence-corrected chi connectivity index (χ3v) is 12.1. The summed E-state index contributed by atoms with van der Waals surface area (Å²) in [5.41, 5.74) is 4.15. The van der Waals surface area contributed by atoms with Crippen molar-refractivity contribution in [3.05, 3.63) is 42.2 Å². The van der Waals surface area contributed by atoms with Gasteiger partial charge in [0.25, 0.3) is 0 Å². The predicted octanol–water partition coefficient (Wildman–Crippen LogP) is 8.06. The number of ketones is 1. The van der Waals surface area contributed by atoms with Crippen molar-refractivity contribution in [2.75, 3.05) is 18.5 Å². The molecule has 1 amide bonds. The van der Waals surface area contributed by atoms with E-state index in [0.29, 0.717) is 60.3 Å². The van der Waals surface area contributed by atoms with Crippen LogP contribution in [0.1, 0.15) is 103 Å². The number of allylic oxidation sites excluding steroid dienone is 2. The molecule has 0 unspecified atom stereocenters. The minimum absolute atomic E-state index is 0.00667. The van der Waals surface area contributed by atoms with Gasteiger partial charge in [-0.3, -0.25) is 10.1 Å². The number of benzene rings is 1. The number of amides is 1. The number of carbonyl (C=O) groups is 2. The summed E-state index contributed by atoms with van der Waals surface area (Å²) in [6, 6.07) is 5.48. The molecule has 4 saturated carbocycles. The second kappa shape index (κ2) is 12.9. The van der Waals surface area contributed by atoms with Gasteiger partial charge >= 0.3 is 6.09 Å². The van der Waals surface area contributed by atoms with E-state index in [0.717, 1.165) is 60.8 Å². The molecule has 1 aliphatic heterocycles. The number of ether oxygens (including phenoxy) is 2. The van der Waals surface area contributed by atoms with Gasteiger partial charge in [-0.05, 0) is 130 Å². The van der Waals surface area contributed by atoms with Crippen molar-refractivity contribution < 1.29 is 29.0 Å². The summed E-state index contributed by atoms with van der Waals surface area (Å²) in [4.78, 5) is 30.3. The molecular weight excluding hydrogens is 568 g/mol. The summed E-state index contributed by atoms with van der Waals surface area (Å²) in [6.45, 7) is 10.9. The summed E-state index contributed by atoms with van der Waals surface area (Å²) in [5.74, 6) is 3.98. The normalized spacial score (nSPS) is 34.4. The fourth-order valence-electron chi connectivity index (χ4n) is 9.79. The molecule has 8 heteroatoms. The third-order valence-electron chi connectivity index (χ3n) is 12.1. The largest absolute Gasteiger partial charge is 0.457 e. The molecule has 7 atom stereocenters. The lowest BCUT2D eigenvalue weighted by Gasteiger charge is -2.60. The maximum atomic E-state index is 12.8. The van der Waals surface area contributed by atoms with E-state index in [-0.39, 0.29) is 23.9 Å². The van der Waals surface area contributed by atoms with Gasteiger partial charge in [0.2, 0.25) is 0 Å². The Morgan fingerprint density at radius 1 is 1.13 bits per heavy atom. The number of Topliss-reactive ketones (excluding diaryl/α,β-unsaturated/α-hetero) is 1. The van der Waals surface area contributed by atoms with E-state index >= 15 is 0 Å². The number of nitrogens with zero attached hydrogens (tertiary/aromatic N) is 1. The van der Waals surface area contributed by atoms with Gasteiger partial charge in [0.05, 0.1) is 18.4 Å². The molecule has 0 bridgehead atoms. The average molecular weight is 619 g/mol. The lowest BCUT2D eigenvalue weighted by atomic mass is 9.45. The van der Waals surface area contributed by atoms with Crippen molar-refractivity contribution in [1.29, 1.82) is 0 Å². The van der Waals surface area contributed by atoms with E-state index < -0.39 is 6.09 Å². The summed E-state index contributed by atoms with van der Waals surface area (Å²) >= 11 is 0. The maximum Gasteiger partial charge on any atom is 0.411 e. The third kappa shape index (κ3) is 6.32. The molecule has 2 N–H and O–H groups in total. The van der Waals surface area contributed by atoms with E-state index in [1.807, 2.05) is 18.2 Å². The van der Waals surface area contributed by atoms with Crippen LogP contribution in [0.3, 0.4) is 0 Å². The first-order valence-electron chi connectivity index (χ1n) is 17.2. The molecule has 1 aromatic carbocycles. The zero-order valence-corrected chi connectivity index (χ0v) is 27.2. The van der Waals surface area contributed by atoms with Crippen LogP contribution in [0.5, 0.6) is 5.75 Å². The minimum Gasteiger partial charge on any atom is -0.457 e. The number of carbonyl (C=O) groups excluding carboxylic acids is 2. The first kappa shape index (κ1) is 31.8. The molecular formula is C37H50N2O6. The molecule has 5 aliphatic rings. The number of aliphatic hydroxyl groups excluding tert-OH is 1. The summed E-state index contributed by atoms with van der Waals surface area (Å²) in [7, 11) is 0. The van der Waals surface area contributed by atoms with Crippen LogP contribution in [0.25, 0.3) is 5.57 Å². The highest BCUT2D eigenvalue weighted by Crippen LogP contribution is 2.65. The highest BCUT2D eigenvalue weighted by molar-refractivity contribution is 5.92. The van der Waals surface area contributed by atoms with Crippen LogP contribution < -0.4 is 10.1 Å². The molecule has 45 heavy (non-hydrogen) atoms. The molecule has 0 saturated heterocycles. The second-order valence-electron chi connectivity index (χ2n) is 14.6. The Labute approximate surface area is 267 Å². The van der Waals surface area contributed by atoms with Crippen molar-refractivity contribution in [1.82, 2.24) is 0 Å². The van der Waals surface area contributed by atoms with Gasteiger partial charge in [-0.2, -0.15) is 0 Å². The van der Waals surface area contributed by atoms with Crippen LogP contribution in [0.15, 0.2) is 41.8 Å². The highest BCUT2D eigenvalue weighted by Gasteiger charge is 2.59. The van der Waals surface area contributed by atoms with Crippen LogP contribution in [0, 0.1) is 34.5 Å². The number of anilines is 1. The average Bonchev–Trinajstić information content (AvgIpc) is 3.33. The van der Waals surface area contributed by atoms with E-state index in [1.165, 1.54) is 25.7 Å². The Morgan fingerprint density at radius 2 is 1.98 bits per heavy atom. The Morgan fingerprint density at radius 3 is 2.80 bits per heavy atom. The molecule has 1 aromatic rings. The molecule has 4 fully saturated rings. The second-order valence-corrected chi connectivity index (χ2v) is 14.6. The Balaban J connectivity index is 0.994. The van der Waals surface area contributed by atoms with Crippen molar-refractivity contribution in [2.45, 2.75) is 104 Å². The van der Waals surface area contributed by atoms with Crippen LogP contribution in [0.2, 0.25) is 0 Å². The van der Waals surface area contributed by atoms with Gasteiger partial charge in [0, 0.05) is 29.2 Å². The van der Waals surface area contributed by atoms with Crippen LogP contribution in [-0.2, 0) is 14.4 Å². The van der Waals surface area contributed by atoms with Crippen LogP contribution in [-0.4, -0.2) is 42.0 Å². The topological polar surface area (TPSA) is 106 Å². The standard InChI is InChI=1S/C37H50N2O6/c1-5-43-35(42)38-26-10-12-29-24(19-23(2)45-33(29)21-26)7-6-8-28(41)22-44-39-34-14-13-31-30-11-9-25-20-27(40)15-17-36(25,3)32(30)16-18-37(31,34)4/h10,12,19,21,25,27,30-32,40H,2,5-9,11,13-18,20,22H2,1,3-4H3,(H,38,42)/b39-34-/t25-,27+,30-,31-,32-,36-,37-/m0/s1. The molecule has 0 radical (unpaired) electrons. The van der Waals surface area contributed by atoms with Gasteiger partial charge in [-0.1, -0.05) is 25.6 Å². The Kier molecular flexibility index (Phi) is 9.15. The molecule has 244 valence electrons. The van der Waals surface area contributed by atoms with Crippen molar-refractivity contribution >= 4 is 28.8 Å². The molecule has 0 aromatic heterocycles. The van der Waals surface area contributed by atoms with Gasteiger partial charge in [-0.25, -0.2) is 4.79 Å². The summed E-state index contributed by atoms with van der Waals surface area (Å²) in [5, 5.41) is 17.6. The summed E-state index contributed by atoms with van der Waals surface area (Å²) < 4.78 is 10.8. The fraction of sp³-hybridized carbons (Fsp3) is 0.649. The van der Waals surface area contributed by atoms with Gasteiger partial charge in [0.15, 0.2) is 12.4 Å². The number of aliphatic hydroxyl groups is 1. The van der Waals surface area contributed by atoms with E-state index in [2.05, 4.69) is 30.9 Å². The number of rotatable bonds is 9. The van der Waals surface area contributed by atoms with Crippen LogP contribution >= 0.6 is 0 Å². The summed E-state index contributed by atoms with van der Waals surface area (Å²) in [6.07, 6.45) is 13.2. The number of oxime groups is 1. The van der Waals surface area contributed by atoms with Crippen molar-refractivity contribution in [3.63, 3.8) is 0 Å². The van der Waals surface area contributed by atoms with Crippen LogP contribution in [0.4, 0.5) is 10.5 Å². The lowest BCUT2D eigenvalue weighted by molar-refractivity contribution is -0.123. The Hall–Kier alpha value is -3.13. The van der Waals surface area contributed by atoms with Gasteiger partial charge < -0.3 is 19.4 Å². The minimum atomic E-state index is -0.513. The first-order valence-corrected chi connectivity index (χ1v) is 17.2. The zero-order chi connectivity index (χ0) is 31.8. The smallest absolute Gasteiger partial charge is 0.411 e. The molecule has 6 rings (SSSR count). The SMILES string of the molecule is C=C1C=C(CCCC(=O)CO/N=C2/CC[C@H]3[C@@H]4CC[C@H]5C[C@H](O)CC[C@]5(C)[C@H]4CC[C@]23C)c2ccc(NC(=O)OCC)cc2O1. The van der Waals surface area contributed by atoms with E-state index in [4.69, 9.17) is 14.3 Å².